The quantitative estimate of drug-likeness (QED) is 0.367. The number of hydrogen-bond acceptors (Lipinski definition) is 4. The Morgan fingerprint density at radius 3 is 1.97 bits per heavy atom. The highest BCUT2D eigenvalue weighted by molar-refractivity contribution is 7.92. The van der Waals surface area contributed by atoms with E-state index >= 15 is 0 Å². The van der Waals surface area contributed by atoms with Gasteiger partial charge >= 0.3 is 0 Å². The Morgan fingerprint density at radius 1 is 0.842 bits per heavy atom. The first kappa shape index (κ1) is 28.9. The summed E-state index contributed by atoms with van der Waals surface area (Å²) < 4.78 is 28.7. The zero-order chi connectivity index (χ0) is 27.7. The third-order valence-corrected chi connectivity index (χ3v) is 8.25. The highest BCUT2D eigenvalue weighted by Gasteiger charge is 2.32. The molecule has 0 saturated heterocycles. The molecule has 0 spiro atoms. The average Bonchev–Trinajstić information content (AvgIpc) is 2.93. The van der Waals surface area contributed by atoms with Gasteiger partial charge in [0, 0.05) is 13.1 Å². The van der Waals surface area contributed by atoms with Crippen LogP contribution in [0.5, 0.6) is 0 Å². The lowest BCUT2D eigenvalue weighted by Gasteiger charge is -2.32. The molecule has 8 heteroatoms. The topological polar surface area (TPSA) is 86.8 Å². The summed E-state index contributed by atoms with van der Waals surface area (Å²) in [6.07, 6.45) is 0.533. The summed E-state index contributed by atoms with van der Waals surface area (Å²) in [6, 6.07) is 24.2. The van der Waals surface area contributed by atoms with Crippen molar-refractivity contribution in [3.63, 3.8) is 0 Å². The third-order valence-electron chi connectivity index (χ3n) is 6.46. The van der Waals surface area contributed by atoms with Crippen molar-refractivity contribution in [3.05, 3.63) is 96.1 Å². The SMILES string of the molecule is CCNC(=O)[C@@H](C)N(CCc1ccccc1)C(=O)CN(c1ccc(C(C)C)cc1)S(=O)(=O)c1ccccc1. The average molecular weight is 536 g/mol. The van der Waals surface area contributed by atoms with Gasteiger partial charge in [0.25, 0.3) is 10.0 Å². The van der Waals surface area contributed by atoms with E-state index in [0.29, 0.717) is 18.7 Å². The second-order valence-electron chi connectivity index (χ2n) is 9.46. The van der Waals surface area contributed by atoms with E-state index in [1.54, 1.807) is 37.3 Å². The lowest BCUT2D eigenvalue weighted by Crippen LogP contribution is -2.52. The number of hydrogen-bond donors (Lipinski definition) is 1. The van der Waals surface area contributed by atoms with Crippen molar-refractivity contribution in [1.82, 2.24) is 10.2 Å². The Bertz CT molecular complexity index is 1290. The summed E-state index contributed by atoms with van der Waals surface area (Å²) in [4.78, 5) is 28.1. The van der Waals surface area contributed by atoms with Gasteiger partial charge in [-0.3, -0.25) is 13.9 Å². The van der Waals surface area contributed by atoms with Gasteiger partial charge in [0.05, 0.1) is 10.6 Å². The number of carbonyl (C=O) groups excluding carboxylic acids is 2. The van der Waals surface area contributed by atoms with Crippen LogP contribution in [0.2, 0.25) is 0 Å². The van der Waals surface area contributed by atoms with Crippen LogP contribution in [-0.2, 0) is 26.0 Å². The van der Waals surface area contributed by atoms with Gasteiger partial charge in [-0.1, -0.05) is 74.5 Å². The second-order valence-corrected chi connectivity index (χ2v) is 11.3. The molecule has 1 N–H and O–H groups in total. The molecule has 3 rings (SSSR count). The van der Waals surface area contributed by atoms with Gasteiger partial charge in [0.1, 0.15) is 12.6 Å². The van der Waals surface area contributed by atoms with Crippen molar-refractivity contribution in [2.75, 3.05) is 23.9 Å². The fourth-order valence-electron chi connectivity index (χ4n) is 4.17. The number of nitrogens with one attached hydrogen (secondary N) is 1. The molecule has 0 aliphatic heterocycles. The first-order valence-electron chi connectivity index (χ1n) is 12.9. The number of carbonyl (C=O) groups is 2. The van der Waals surface area contributed by atoms with Crippen LogP contribution in [0.3, 0.4) is 0 Å². The Hall–Kier alpha value is -3.65. The molecule has 38 heavy (non-hydrogen) atoms. The minimum absolute atomic E-state index is 0.0911. The maximum absolute atomic E-state index is 13.8. The molecule has 202 valence electrons. The fraction of sp³-hybridized carbons (Fsp3) is 0.333. The predicted octanol–water partition coefficient (Wildman–Crippen LogP) is 4.60. The van der Waals surface area contributed by atoms with Crippen molar-refractivity contribution in [2.24, 2.45) is 0 Å². The number of anilines is 1. The van der Waals surface area contributed by atoms with Crippen LogP contribution < -0.4 is 9.62 Å². The molecular weight excluding hydrogens is 498 g/mol. The van der Waals surface area contributed by atoms with Gasteiger partial charge in [-0.15, -0.1) is 0 Å². The zero-order valence-corrected chi connectivity index (χ0v) is 23.3. The fourth-order valence-corrected chi connectivity index (χ4v) is 5.60. The number of rotatable bonds is 12. The third kappa shape index (κ3) is 7.22. The van der Waals surface area contributed by atoms with E-state index < -0.39 is 28.5 Å². The molecule has 3 aromatic rings. The van der Waals surface area contributed by atoms with Crippen LogP contribution in [0.15, 0.2) is 89.8 Å². The Labute approximate surface area is 226 Å². The largest absolute Gasteiger partial charge is 0.355 e. The van der Waals surface area contributed by atoms with E-state index in [2.05, 4.69) is 19.2 Å². The summed E-state index contributed by atoms with van der Waals surface area (Å²) in [5.41, 5.74) is 2.47. The van der Waals surface area contributed by atoms with Gasteiger partial charge in [0.2, 0.25) is 11.8 Å². The first-order chi connectivity index (χ1) is 18.1. The van der Waals surface area contributed by atoms with Crippen molar-refractivity contribution < 1.29 is 18.0 Å². The van der Waals surface area contributed by atoms with Crippen molar-refractivity contribution in [3.8, 4) is 0 Å². The molecule has 0 saturated carbocycles. The van der Waals surface area contributed by atoms with Crippen LogP contribution in [-0.4, -0.2) is 50.8 Å². The van der Waals surface area contributed by atoms with E-state index in [9.17, 15) is 18.0 Å². The number of sulfonamides is 1. The lowest BCUT2D eigenvalue weighted by molar-refractivity contribution is -0.138. The van der Waals surface area contributed by atoms with Gasteiger partial charge in [0.15, 0.2) is 0 Å². The van der Waals surface area contributed by atoms with Crippen LogP contribution in [0.4, 0.5) is 5.69 Å². The maximum atomic E-state index is 13.8. The molecule has 0 aliphatic rings. The number of amides is 2. The molecule has 2 amide bonds. The van der Waals surface area contributed by atoms with Gasteiger partial charge in [-0.05, 0) is 61.6 Å². The smallest absolute Gasteiger partial charge is 0.264 e. The summed E-state index contributed by atoms with van der Waals surface area (Å²) in [5.74, 6) is -0.462. The van der Waals surface area contributed by atoms with Crippen LogP contribution in [0, 0.1) is 0 Å². The Balaban J connectivity index is 1.97. The molecule has 1 atom stereocenters. The van der Waals surface area contributed by atoms with E-state index in [-0.39, 0.29) is 23.3 Å². The zero-order valence-electron chi connectivity index (χ0n) is 22.5. The number of nitrogens with zero attached hydrogens (tertiary/aromatic N) is 2. The Morgan fingerprint density at radius 2 is 1.42 bits per heavy atom. The lowest BCUT2D eigenvalue weighted by atomic mass is 10.0. The molecule has 3 aromatic carbocycles. The van der Waals surface area contributed by atoms with Crippen molar-refractivity contribution >= 4 is 27.5 Å². The predicted molar refractivity (Wildman–Crippen MR) is 152 cm³/mol. The monoisotopic (exact) mass is 535 g/mol. The maximum Gasteiger partial charge on any atom is 0.264 e. The van der Waals surface area contributed by atoms with Gasteiger partial charge in [-0.25, -0.2) is 8.42 Å². The second kappa shape index (κ2) is 13.2. The highest BCUT2D eigenvalue weighted by atomic mass is 32.2. The molecule has 0 fully saturated rings. The van der Waals surface area contributed by atoms with Gasteiger partial charge < -0.3 is 10.2 Å². The summed E-state index contributed by atoms with van der Waals surface area (Å²) in [7, 11) is -4.05. The normalized spacial score (nSPS) is 12.1. The Kier molecular flexibility index (Phi) is 10.1. The van der Waals surface area contributed by atoms with Crippen molar-refractivity contribution in [1.29, 1.82) is 0 Å². The van der Waals surface area contributed by atoms with Gasteiger partial charge in [-0.2, -0.15) is 0 Å². The summed E-state index contributed by atoms with van der Waals surface area (Å²) in [6.45, 7) is 7.87. The minimum Gasteiger partial charge on any atom is -0.355 e. The highest BCUT2D eigenvalue weighted by Crippen LogP contribution is 2.26. The van der Waals surface area contributed by atoms with Crippen LogP contribution >= 0.6 is 0 Å². The van der Waals surface area contributed by atoms with E-state index in [1.165, 1.54) is 17.0 Å². The summed E-state index contributed by atoms with van der Waals surface area (Å²) in [5, 5.41) is 2.77. The van der Waals surface area contributed by atoms with E-state index in [0.717, 1.165) is 15.4 Å². The van der Waals surface area contributed by atoms with E-state index in [1.807, 2.05) is 49.4 Å². The number of benzene rings is 3. The number of likely N-dealkylation sites (N-methyl/N-ethyl adjacent to an activating group) is 1. The molecule has 0 heterocycles. The molecule has 0 unspecified atom stereocenters. The standard InChI is InChI=1S/C30H37N3O4S/c1-5-31-30(35)24(4)32(21-20-25-12-8-6-9-13-25)29(34)22-33(27-18-16-26(17-19-27)23(2)3)38(36,37)28-14-10-7-11-15-28/h6-19,23-24H,5,20-22H2,1-4H3,(H,31,35)/t24-/m1/s1. The minimum atomic E-state index is -4.05. The molecule has 0 radical (unpaired) electrons. The summed E-state index contributed by atoms with van der Waals surface area (Å²) >= 11 is 0. The van der Waals surface area contributed by atoms with E-state index in [4.69, 9.17) is 0 Å². The first-order valence-corrected chi connectivity index (χ1v) is 14.4. The van der Waals surface area contributed by atoms with Crippen molar-refractivity contribution in [2.45, 2.75) is 51.0 Å². The molecule has 7 nitrogen and oxygen atoms in total. The molecular formula is C30H37N3O4S. The van der Waals surface area contributed by atoms with Crippen LogP contribution in [0.25, 0.3) is 0 Å². The molecule has 0 aliphatic carbocycles. The molecule has 0 aromatic heterocycles. The van der Waals surface area contributed by atoms with Crippen LogP contribution in [0.1, 0.15) is 44.7 Å². The molecule has 0 bridgehead atoms.